The van der Waals surface area contributed by atoms with Gasteiger partial charge in [-0.3, -0.25) is 19.7 Å². The molecule has 11 heteroatoms. The molecule has 0 radical (unpaired) electrons. The van der Waals surface area contributed by atoms with Crippen LogP contribution in [0.5, 0.6) is 0 Å². The second kappa shape index (κ2) is 10.0. The minimum Gasteiger partial charge on any atom is -0.480 e. The van der Waals surface area contributed by atoms with Crippen LogP contribution < -0.4 is 15.5 Å². The number of aryl methyl sites for hydroxylation is 2. The first kappa shape index (κ1) is 25.5. The van der Waals surface area contributed by atoms with Gasteiger partial charge in [0.1, 0.15) is 13.1 Å². The summed E-state index contributed by atoms with van der Waals surface area (Å²) >= 11 is 0. The van der Waals surface area contributed by atoms with Gasteiger partial charge in [-0.1, -0.05) is 35.4 Å². The number of carbonyl (C=O) groups excluding carboxylic acids is 3. The van der Waals surface area contributed by atoms with Gasteiger partial charge in [0.25, 0.3) is 0 Å². The van der Waals surface area contributed by atoms with Crippen LogP contribution in [-0.2, 0) is 9.59 Å². The Morgan fingerprint density at radius 2 is 1.54 bits per heavy atom. The molecular formula is C24H29N5O6. The predicted molar refractivity (Wildman–Crippen MR) is 128 cm³/mol. The fourth-order valence-corrected chi connectivity index (χ4v) is 3.88. The number of carboxylic acid groups (broad SMARTS) is 1. The van der Waals surface area contributed by atoms with E-state index in [1.807, 2.05) is 13.8 Å². The maximum absolute atomic E-state index is 13.5. The standard InChI is InChI=1S/C24H29N5O6/c1-15-5-9-17(10-6-15)26-22(33)29(35)21-24(3,4)27(14-19(30)25-13-20(31)32)23(34)28(21)18-11-7-16(2)8-12-18/h5-12,21,35H,13-14H2,1-4H3,(H,25,30)(H,26,33)(H,31,32)/t21-/m0/s1. The van der Waals surface area contributed by atoms with Gasteiger partial charge < -0.3 is 20.6 Å². The van der Waals surface area contributed by atoms with Crippen molar-refractivity contribution in [2.45, 2.75) is 39.4 Å². The molecule has 186 valence electrons. The molecule has 35 heavy (non-hydrogen) atoms. The smallest absolute Gasteiger partial charge is 0.347 e. The van der Waals surface area contributed by atoms with Crippen LogP contribution in [0.15, 0.2) is 48.5 Å². The molecule has 1 saturated heterocycles. The van der Waals surface area contributed by atoms with Gasteiger partial charge in [-0.05, 0) is 52.0 Å². The Kier molecular flexibility index (Phi) is 7.30. The van der Waals surface area contributed by atoms with E-state index < -0.39 is 48.7 Å². The van der Waals surface area contributed by atoms with Crippen molar-refractivity contribution >= 4 is 35.3 Å². The van der Waals surface area contributed by atoms with Crippen molar-refractivity contribution in [3.05, 3.63) is 59.7 Å². The fraction of sp³-hybridized carbons (Fsp3) is 0.333. The Morgan fingerprint density at radius 1 is 1.00 bits per heavy atom. The molecule has 1 aliphatic heterocycles. The normalized spacial score (nSPS) is 16.7. The largest absolute Gasteiger partial charge is 0.480 e. The molecule has 4 N–H and O–H groups in total. The zero-order chi connectivity index (χ0) is 25.9. The third-order valence-electron chi connectivity index (χ3n) is 5.80. The second-order valence-corrected chi connectivity index (χ2v) is 8.91. The quantitative estimate of drug-likeness (QED) is 0.352. The van der Waals surface area contributed by atoms with Crippen LogP contribution in [0.2, 0.25) is 0 Å². The topological polar surface area (TPSA) is 143 Å². The summed E-state index contributed by atoms with van der Waals surface area (Å²) in [5.41, 5.74) is 1.55. The number of hydrogen-bond acceptors (Lipinski definition) is 5. The van der Waals surface area contributed by atoms with Crippen molar-refractivity contribution in [2.24, 2.45) is 0 Å². The van der Waals surface area contributed by atoms with E-state index in [1.165, 1.54) is 9.80 Å². The van der Waals surface area contributed by atoms with Crippen LogP contribution in [0, 0.1) is 13.8 Å². The van der Waals surface area contributed by atoms with Gasteiger partial charge in [0.2, 0.25) is 5.91 Å². The highest BCUT2D eigenvalue weighted by molar-refractivity contribution is 6.00. The number of hydrogen-bond donors (Lipinski definition) is 4. The van der Waals surface area contributed by atoms with E-state index in [-0.39, 0.29) is 0 Å². The number of nitrogens with zero attached hydrogens (tertiary/aromatic N) is 3. The summed E-state index contributed by atoms with van der Waals surface area (Å²) in [6.45, 7) is 5.93. The molecule has 1 heterocycles. The molecule has 2 aromatic carbocycles. The lowest BCUT2D eigenvalue weighted by atomic mass is 9.99. The molecule has 1 fully saturated rings. The van der Waals surface area contributed by atoms with Crippen LogP contribution in [-0.4, -0.2) is 69.0 Å². The number of nitrogens with one attached hydrogen (secondary N) is 2. The number of carboxylic acids is 1. The molecule has 2 aromatic rings. The van der Waals surface area contributed by atoms with Crippen molar-refractivity contribution in [2.75, 3.05) is 23.3 Å². The third kappa shape index (κ3) is 5.52. The number of urea groups is 2. The van der Waals surface area contributed by atoms with Crippen LogP contribution in [0.4, 0.5) is 21.0 Å². The van der Waals surface area contributed by atoms with Crippen molar-refractivity contribution in [3.63, 3.8) is 0 Å². The third-order valence-corrected chi connectivity index (χ3v) is 5.80. The number of benzene rings is 2. The van der Waals surface area contributed by atoms with E-state index in [0.29, 0.717) is 16.4 Å². The molecule has 0 spiro atoms. The molecule has 0 unspecified atom stereocenters. The second-order valence-electron chi connectivity index (χ2n) is 8.91. The zero-order valence-corrected chi connectivity index (χ0v) is 20.0. The van der Waals surface area contributed by atoms with E-state index in [2.05, 4.69) is 10.6 Å². The number of carbonyl (C=O) groups is 4. The molecule has 0 saturated carbocycles. The minimum atomic E-state index is -1.25. The van der Waals surface area contributed by atoms with Crippen molar-refractivity contribution in [1.82, 2.24) is 15.3 Å². The Bertz CT molecular complexity index is 1120. The summed E-state index contributed by atoms with van der Waals surface area (Å²) in [5, 5.41) is 25.1. The summed E-state index contributed by atoms with van der Waals surface area (Å²) in [6.07, 6.45) is -1.21. The van der Waals surface area contributed by atoms with E-state index in [9.17, 15) is 24.4 Å². The van der Waals surface area contributed by atoms with Crippen LogP contribution in [0.3, 0.4) is 0 Å². The summed E-state index contributed by atoms with van der Waals surface area (Å²) in [4.78, 5) is 52.1. The highest BCUT2D eigenvalue weighted by Gasteiger charge is 2.56. The Labute approximate surface area is 202 Å². The van der Waals surface area contributed by atoms with Crippen LogP contribution in [0.1, 0.15) is 25.0 Å². The summed E-state index contributed by atoms with van der Waals surface area (Å²) < 4.78 is 0. The fourth-order valence-electron chi connectivity index (χ4n) is 3.88. The number of rotatable bonds is 7. The Hall–Kier alpha value is -4.12. The average Bonchev–Trinajstić information content (AvgIpc) is 2.99. The lowest BCUT2D eigenvalue weighted by Crippen LogP contribution is -2.58. The van der Waals surface area contributed by atoms with Crippen molar-refractivity contribution < 1.29 is 29.5 Å². The highest BCUT2D eigenvalue weighted by atomic mass is 16.5. The van der Waals surface area contributed by atoms with E-state index in [1.54, 1.807) is 62.4 Å². The molecular weight excluding hydrogens is 454 g/mol. The van der Waals surface area contributed by atoms with E-state index in [0.717, 1.165) is 11.1 Å². The monoisotopic (exact) mass is 483 g/mol. The number of anilines is 2. The van der Waals surface area contributed by atoms with E-state index in [4.69, 9.17) is 5.11 Å². The maximum atomic E-state index is 13.5. The van der Waals surface area contributed by atoms with Gasteiger partial charge in [-0.25, -0.2) is 9.59 Å². The first-order chi connectivity index (χ1) is 16.4. The molecule has 3 rings (SSSR count). The van der Waals surface area contributed by atoms with Crippen molar-refractivity contribution in [3.8, 4) is 0 Å². The van der Waals surface area contributed by atoms with Gasteiger partial charge in [-0.15, -0.1) is 0 Å². The molecule has 0 aliphatic carbocycles. The lowest BCUT2D eigenvalue weighted by molar-refractivity contribution is -0.138. The van der Waals surface area contributed by atoms with Gasteiger partial charge in [0.15, 0.2) is 6.17 Å². The molecule has 0 bridgehead atoms. The molecule has 1 atom stereocenters. The predicted octanol–water partition coefficient (Wildman–Crippen LogP) is 2.77. The Morgan fingerprint density at radius 3 is 2.09 bits per heavy atom. The van der Waals surface area contributed by atoms with Crippen molar-refractivity contribution in [1.29, 1.82) is 0 Å². The molecule has 0 aromatic heterocycles. The zero-order valence-electron chi connectivity index (χ0n) is 20.0. The highest BCUT2D eigenvalue weighted by Crippen LogP contribution is 2.37. The van der Waals surface area contributed by atoms with Gasteiger partial charge in [-0.2, -0.15) is 5.06 Å². The minimum absolute atomic E-state index is 0.411. The van der Waals surface area contributed by atoms with Crippen LogP contribution >= 0.6 is 0 Å². The lowest BCUT2D eigenvalue weighted by Gasteiger charge is -2.38. The van der Waals surface area contributed by atoms with Crippen LogP contribution in [0.25, 0.3) is 0 Å². The molecule has 11 nitrogen and oxygen atoms in total. The van der Waals surface area contributed by atoms with Gasteiger partial charge in [0, 0.05) is 11.4 Å². The summed E-state index contributed by atoms with van der Waals surface area (Å²) in [7, 11) is 0. The first-order valence-corrected chi connectivity index (χ1v) is 10.9. The maximum Gasteiger partial charge on any atom is 0.347 e. The average molecular weight is 484 g/mol. The number of hydroxylamine groups is 2. The SMILES string of the molecule is Cc1ccc(NC(=O)N(O)[C@@H]2N(c3ccc(C)cc3)C(=O)N(CC(=O)NCC(=O)O)C2(C)C)cc1. The Balaban J connectivity index is 1.94. The van der Waals surface area contributed by atoms with Gasteiger partial charge in [0.05, 0.1) is 5.54 Å². The first-order valence-electron chi connectivity index (χ1n) is 10.9. The molecule has 5 amide bonds. The number of aliphatic carboxylic acids is 1. The summed E-state index contributed by atoms with van der Waals surface area (Å²) in [5.74, 6) is -1.91. The molecule has 1 aliphatic rings. The van der Waals surface area contributed by atoms with Gasteiger partial charge >= 0.3 is 18.0 Å². The van der Waals surface area contributed by atoms with E-state index >= 15 is 0 Å². The number of amides is 5. The summed E-state index contributed by atoms with van der Waals surface area (Å²) in [6, 6.07) is 12.4.